The molecule has 1 aromatic carbocycles. The van der Waals surface area contributed by atoms with Crippen LogP contribution in [-0.4, -0.2) is 41.9 Å². The Morgan fingerprint density at radius 1 is 1.13 bits per heavy atom. The minimum Gasteiger partial charge on any atom is -0.445 e. The molecule has 2 aliphatic heterocycles. The van der Waals surface area contributed by atoms with Crippen molar-refractivity contribution in [2.75, 3.05) is 13.1 Å². The Kier molecular flexibility index (Phi) is 5.28. The molecule has 2 atom stereocenters. The van der Waals surface area contributed by atoms with Crippen LogP contribution in [0.4, 0.5) is 4.79 Å². The first-order chi connectivity index (χ1) is 11.3. The van der Waals surface area contributed by atoms with E-state index in [4.69, 9.17) is 4.74 Å². The second-order valence-corrected chi connectivity index (χ2v) is 6.30. The standard InChI is InChI=1S/C18H24N2O3/c21-17(15-9-6-11-19-15)16-10-4-5-12-20(16)18(22)23-13-14-7-2-1-3-8-14/h1-3,7-8,15-16,19H,4-6,9-13H2. The van der Waals surface area contributed by atoms with E-state index in [0.29, 0.717) is 6.54 Å². The molecule has 124 valence electrons. The van der Waals surface area contributed by atoms with Gasteiger partial charge in [-0.2, -0.15) is 0 Å². The maximum atomic E-state index is 12.7. The highest BCUT2D eigenvalue weighted by molar-refractivity contribution is 5.92. The summed E-state index contributed by atoms with van der Waals surface area (Å²) in [4.78, 5) is 26.7. The highest BCUT2D eigenvalue weighted by Gasteiger charge is 2.37. The van der Waals surface area contributed by atoms with E-state index in [0.717, 1.165) is 44.2 Å². The number of hydrogen-bond donors (Lipinski definition) is 1. The maximum absolute atomic E-state index is 12.7. The highest BCUT2D eigenvalue weighted by atomic mass is 16.6. The largest absolute Gasteiger partial charge is 0.445 e. The summed E-state index contributed by atoms with van der Waals surface area (Å²) in [7, 11) is 0. The number of amides is 1. The molecule has 0 radical (unpaired) electrons. The molecule has 5 nitrogen and oxygen atoms in total. The van der Waals surface area contributed by atoms with Crippen molar-refractivity contribution in [2.45, 2.75) is 50.8 Å². The Balaban J connectivity index is 1.61. The Morgan fingerprint density at radius 2 is 1.96 bits per heavy atom. The summed E-state index contributed by atoms with van der Waals surface area (Å²) in [5.41, 5.74) is 0.957. The Bertz CT molecular complexity index is 540. The number of rotatable bonds is 4. The number of ether oxygens (including phenoxy) is 1. The number of ketones is 1. The summed E-state index contributed by atoms with van der Waals surface area (Å²) in [6, 6.07) is 9.19. The first-order valence-corrected chi connectivity index (χ1v) is 8.50. The maximum Gasteiger partial charge on any atom is 0.410 e. The van der Waals surface area contributed by atoms with Crippen molar-refractivity contribution in [1.29, 1.82) is 0 Å². The van der Waals surface area contributed by atoms with Gasteiger partial charge in [-0.15, -0.1) is 0 Å². The van der Waals surface area contributed by atoms with Gasteiger partial charge in [0.25, 0.3) is 0 Å². The Hall–Kier alpha value is -1.88. The average Bonchev–Trinajstić information content (AvgIpc) is 3.14. The Labute approximate surface area is 137 Å². The third-order valence-electron chi connectivity index (χ3n) is 4.67. The number of likely N-dealkylation sites (tertiary alicyclic amines) is 1. The minimum atomic E-state index is -0.370. The van der Waals surface area contributed by atoms with Gasteiger partial charge in [0.05, 0.1) is 12.1 Å². The van der Waals surface area contributed by atoms with E-state index in [9.17, 15) is 9.59 Å². The van der Waals surface area contributed by atoms with Gasteiger partial charge in [-0.05, 0) is 44.2 Å². The van der Waals surface area contributed by atoms with E-state index >= 15 is 0 Å². The first-order valence-electron chi connectivity index (χ1n) is 8.50. The van der Waals surface area contributed by atoms with Crippen LogP contribution in [0, 0.1) is 0 Å². The molecule has 1 N–H and O–H groups in total. The van der Waals surface area contributed by atoms with Gasteiger partial charge in [-0.25, -0.2) is 4.79 Å². The second kappa shape index (κ2) is 7.59. The molecule has 3 rings (SSSR count). The molecule has 2 aliphatic rings. The summed E-state index contributed by atoms with van der Waals surface area (Å²) in [6.07, 6.45) is 4.21. The lowest BCUT2D eigenvalue weighted by Gasteiger charge is -2.35. The molecule has 0 bridgehead atoms. The normalized spacial score (nSPS) is 24.4. The molecule has 2 fully saturated rings. The van der Waals surface area contributed by atoms with Crippen molar-refractivity contribution < 1.29 is 14.3 Å². The highest BCUT2D eigenvalue weighted by Crippen LogP contribution is 2.22. The van der Waals surface area contributed by atoms with Gasteiger partial charge >= 0.3 is 6.09 Å². The summed E-state index contributed by atoms with van der Waals surface area (Å²) in [5, 5.41) is 3.24. The van der Waals surface area contributed by atoms with Crippen LogP contribution >= 0.6 is 0 Å². The number of Topliss-reactive ketones (excluding diaryl/α,β-unsaturated/α-hetero) is 1. The molecule has 0 spiro atoms. The van der Waals surface area contributed by atoms with Crippen LogP contribution in [0.1, 0.15) is 37.7 Å². The number of piperidine rings is 1. The molecule has 5 heteroatoms. The van der Waals surface area contributed by atoms with E-state index in [-0.39, 0.29) is 30.6 Å². The number of hydrogen-bond acceptors (Lipinski definition) is 4. The summed E-state index contributed by atoms with van der Waals surface area (Å²) < 4.78 is 5.42. The monoisotopic (exact) mass is 316 g/mol. The number of benzene rings is 1. The van der Waals surface area contributed by atoms with Crippen molar-refractivity contribution >= 4 is 11.9 Å². The predicted octanol–water partition coefficient (Wildman–Crippen LogP) is 2.50. The predicted molar refractivity (Wildman–Crippen MR) is 87.0 cm³/mol. The molecule has 0 saturated carbocycles. The van der Waals surface area contributed by atoms with Gasteiger partial charge in [-0.3, -0.25) is 9.69 Å². The van der Waals surface area contributed by atoms with Crippen molar-refractivity contribution in [1.82, 2.24) is 10.2 Å². The zero-order valence-electron chi connectivity index (χ0n) is 13.4. The minimum absolute atomic E-state index is 0.0949. The summed E-state index contributed by atoms with van der Waals surface area (Å²) >= 11 is 0. The molecule has 2 unspecified atom stereocenters. The van der Waals surface area contributed by atoms with Gasteiger partial charge in [-0.1, -0.05) is 30.3 Å². The van der Waals surface area contributed by atoms with Crippen LogP contribution in [0.2, 0.25) is 0 Å². The van der Waals surface area contributed by atoms with Gasteiger partial charge in [0.15, 0.2) is 5.78 Å². The zero-order chi connectivity index (χ0) is 16.1. The van der Waals surface area contributed by atoms with Gasteiger partial charge < -0.3 is 10.1 Å². The van der Waals surface area contributed by atoms with Crippen LogP contribution in [0.3, 0.4) is 0 Å². The third kappa shape index (κ3) is 3.91. The molecule has 23 heavy (non-hydrogen) atoms. The zero-order valence-corrected chi connectivity index (χ0v) is 13.4. The van der Waals surface area contributed by atoms with Crippen molar-refractivity contribution in [3.63, 3.8) is 0 Å². The lowest BCUT2D eigenvalue weighted by molar-refractivity contribution is -0.126. The van der Waals surface area contributed by atoms with Crippen LogP contribution in [-0.2, 0) is 16.1 Å². The molecule has 2 saturated heterocycles. The molecule has 0 aromatic heterocycles. The van der Waals surface area contributed by atoms with E-state index < -0.39 is 0 Å². The van der Waals surface area contributed by atoms with Crippen molar-refractivity contribution in [3.05, 3.63) is 35.9 Å². The topological polar surface area (TPSA) is 58.6 Å². The smallest absolute Gasteiger partial charge is 0.410 e. The van der Waals surface area contributed by atoms with Gasteiger partial charge in [0.1, 0.15) is 6.61 Å². The van der Waals surface area contributed by atoms with Gasteiger partial charge in [0.2, 0.25) is 0 Å². The Morgan fingerprint density at radius 3 is 2.70 bits per heavy atom. The lowest BCUT2D eigenvalue weighted by atomic mass is 9.94. The molecule has 0 aliphatic carbocycles. The molecular formula is C18H24N2O3. The molecule has 1 amide bonds. The van der Waals surface area contributed by atoms with Crippen molar-refractivity contribution in [2.24, 2.45) is 0 Å². The van der Waals surface area contributed by atoms with E-state index in [1.165, 1.54) is 0 Å². The van der Waals surface area contributed by atoms with Crippen LogP contribution in [0.15, 0.2) is 30.3 Å². The summed E-state index contributed by atoms with van der Waals surface area (Å²) in [6.45, 7) is 1.75. The fourth-order valence-electron chi connectivity index (χ4n) is 3.41. The number of nitrogens with zero attached hydrogens (tertiary/aromatic N) is 1. The van der Waals surface area contributed by atoms with E-state index in [2.05, 4.69) is 5.32 Å². The average molecular weight is 316 g/mol. The van der Waals surface area contributed by atoms with Gasteiger partial charge in [0, 0.05) is 6.54 Å². The third-order valence-corrected chi connectivity index (χ3v) is 4.67. The SMILES string of the molecule is O=C(C1CCCN1)C1CCCCN1C(=O)OCc1ccccc1. The molecule has 2 heterocycles. The van der Waals surface area contributed by atoms with Crippen molar-refractivity contribution in [3.8, 4) is 0 Å². The number of carbonyl (C=O) groups excluding carboxylic acids is 2. The van der Waals surface area contributed by atoms with E-state index in [1.54, 1.807) is 4.90 Å². The first kappa shape index (κ1) is 16.0. The lowest BCUT2D eigenvalue weighted by Crippen LogP contribution is -2.52. The molecular weight excluding hydrogens is 292 g/mol. The van der Waals surface area contributed by atoms with E-state index in [1.807, 2.05) is 30.3 Å². The quantitative estimate of drug-likeness (QED) is 0.927. The van der Waals surface area contributed by atoms with Crippen LogP contribution < -0.4 is 5.32 Å². The summed E-state index contributed by atoms with van der Waals surface area (Å²) in [5.74, 6) is 0.152. The fraction of sp³-hybridized carbons (Fsp3) is 0.556. The van der Waals surface area contributed by atoms with Crippen LogP contribution in [0.5, 0.6) is 0 Å². The number of carbonyl (C=O) groups is 2. The van der Waals surface area contributed by atoms with Crippen LogP contribution in [0.25, 0.3) is 0 Å². The fourth-order valence-corrected chi connectivity index (χ4v) is 3.41. The number of nitrogens with one attached hydrogen (secondary N) is 1. The second-order valence-electron chi connectivity index (χ2n) is 6.30. The molecule has 1 aromatic rings.